The number of nitro benzene ring substituents is 1. The molecule has 26 heavy (non-hydrogen) atoms. The zero-order valence-corrected chi connectivity index (χ0v) is 14.7. The Hall–Kier alpha value is -2.93. The Bertz CT molecular complexity index is 810. The van der Waals surface area contributed by atoms with E-state index < -0.39 is 29.1 Å². The molecule has 0 saturated heterocycles. The highest BCUT2D eigenvalue weighted by molar-refractivity contribution is 6.32. The van der Waals surface area contributed by atoms with Crippen LogP contribution < -0.4 is 5.32 Å². The average Bonchev–Trinajstić information content (AvgIpc) is 2.64. The summed E-state index contributed by atoms with van der Waals surface area (Å²) < 4.78 is 4.89. The topological polar surface area (TPSA) is 98.5 Å². The number of halogens is 1. The number of benzene rings is 2. The fourth-order valence-corrected chi connectivity index (χ4v) is 2.40. The van der Waals surface area contributed by atoms with E-state index in [4.69, 9.17) is 16.3 Å². The summed E-state index contributed by atoms with van der Waals surface area (Å²) in [4.78, 5) is 33.9. The molecule has 7 nitrogen and oxygen atoms in total. The number of carbonyl (C=O) groups excluding carboxylic acids is 2. The Labute approximate surface area is 155 Å². The standard InChI is InChI=1S/C18H17ClN2O5/c1-12(13-5-3-2-4-6-13)10-20-17(22)11-26-18(23)14-7-8-15(19)16(9-14)21(24)25/h2-9,12H,10-11H2,1H3,(H,20,22)/t12-/m0/s1. The molecule has 0 bridgehead atoms. The number of rotatable bonds is 7. The minimum Gasteiger partial charge on any atom is -0.452 e. The molecule has 0 aliphatic rings. The van der Waals surface area contributed by atoms with Gasteiger partial charge in [-0.05, 0) is 23.6 Å². The summed E-state index contributed by atoms with van der Waals surface area (Å²) in [5, 5.41) is 13.4. The summed E-state index contributed by atoms with van der Waals surface area (Å²) >= 11 is 5.69. The van der Waals surface area contributed by atoms with E-state index in [0.29, 0.717) is 6.54 Å². The van der Waals surface area contributed by atoms with Gasteiger partial charge in [-0.25, -0.2) is 4.79 Å². The first-order valence-electron chi connectivity index (χ1n) is 7.81. The van der Waals surface area contributed by atoms with Crippen LogP contribution in [0.2, 0.25) is 5.02 Å². The van der Waals surface area contributed by atoms with E-state index in [0.717, 1.165) is 11.6 Å². The number of ether oxygens (including phenoxy) is 1. The first kappa shape index (κ1) is 19.4. The van der Waals surface area contributed by atoms with Gasteiger partial charge in [0, 0.05) is 12.6 Å². The van der Waals surface area contributed by atoms with Gasteiger partial charge in [0.15, 0.2) is 6.61 Å². The molecule has 1 atom stereocenters. The van der Waals surface area contributed by atoms with Crippen LogP contribution in [0.5, 0.6) is 0 Å². The molecule has 0 aromatic heterocycles. The minimum absolute atomic E-state index is 0.0495. The summed E-state index contributed by atoms with van der Waals surface area (Å²) in [5.41, 5.74) is 0.632. The van der Waals surface area contributed by atoms with Crippen molar-refractivity contribution in [1.29, 1.82) is 0 Å². The molecule has 2 aromatic carbocycles. The zero-order chi connectivity index (χ0) is 19.1. The summed E-state index contributed by atoms with van der Waals surface area (Å²) in [6.07, 6.45) is 0. The second-order valence-electron chi connectivity index (χ2n) is 5.62. The van der Waals surface area contributed by atoms with Crippen LogP contribution in [-0.4, -0.2) is 30.0 Å². The van der Waals surface area contributed by atoms with Crippen molar-refractivity contribution >= 4 is 29.2 Å². The van der Waals surface area contributed by atoms with Gasteiger partial charge < -0.3 is 10.1 Å². The minimum atomic E-state index is -0.837. The molecule has 0 unspecified atom stereocenters. The average molecular weight is 377 g/mol. The van der Waals surface area contributed by atoms with E-state index in [2.05, 4.69) is 5.32 Å². The van der Waals surface area contributed by atoms with Crippen molar-refractivity contribution in [1.82, 2.24) is 5.32 Å². The van der Waals surface area contributed by atoms with Gasteiger partial charge in [-0.15, -0.1) is 0 Å². The van der Waals surface area contributed by atoms with Gasteiger partial charge in [-0.2, -0.15) is 0 Å². The van der Waals surface area contributed by atoms with Crippen LogP contribution in [0, 0.1) is 10.1 Å². The molecule has 0 radical (unpaired) electrons. The normalized spacial score (nSPS) is 11.5. The molecule has 8 heteroatoms. The molecule has 0 aliphatic carbocycles. The predicted molar refractivity (Wildman–Crippen MR) is 96.3 cm³/mol. The summed E-state index contributed by atoms with van der Waals surface area (Å²) in [6, 6.07) is 13.2. The maximum absolute atomic E-state index is 11.9. The number of nitro groups is 1. The molecule has 0 saturated carbocycles. The Morgan fingerprint density at radius 1 is 1.23 bits per heavy atom. The van der Waals surface area contributed by atoms with Crippen molar-refractivity contribution in [3.63, 3.8) is 0 Å². The lowest BCUT2D eigenvalue weighted by atomic mass is 10.0. The fourth-order valence-electron chi connectivity index (χ4n) is 2.21. The van der Waals surface area contributed by atoms with Gasteiger partial charge in [0.2, 0.25) is 0 Å². The molecule has 1 N–H and O–H groups in total. The van der Waals surface area contributed by atoms with Crippen molar-refractivity contribution in [2.45, 2.75) is 12.8 Å². The van der Waals surface area contributed by atoms with E-state index in [9.17, 15) is 19.7 Å². The van der Waals surface area contributed by atoms with Crippen molar-refractivity contribution in [3.05, 3.63) is 74.8 Å². The molecule has 0 spiro atoms. The number of hydrogen-bond donors (Lipinski definition) is 1. The Balaban J connectivity index is 1.84. The van der Waals surface area contributed by atoms with Gasteiger partial charge in [0.25, 0.3) is 11.6 Å². The number of nitrogens with one attached hydrogen (secondary N) is 1. The Kier molecular flexibility index (Phi) is 6.68. The third-order valence-corrected chi connectivity index (χ3v) is 4.01. The smallest absolute Gasteiger partial charge is 0.338 e. The fraction of sp³-hybridized carbons (Fsp3) is 0.222. The summed E-state index contributed by atoms with van der Waals surface area (Å²) in [6.45, 7) is 1.89. The SMILES string of the molecule is C[C@@H](CNC(=O)COC(=O)c1ccc(Cl)c([N+](=O)[O-])c1)c1ccccc1. The second-order valence-corrected chi connectivity index (χ2v) is 6.02. The van der Waals surface area contributed by atoms with E-state index in [-0.39, 0.29) is 16.5 Å². The maximum atomic E-state index is 11.9. The molecule has 136 valence electrons. The molecule has 2 aromatic rings. The first-order valence-corrected chi connectivity index (χ1v) is 8.19. The van der Waals surface area contributed by atoms with Gasteiger partial charge in [0.05, 0.1) is 10.5 Å². The molecule has 2 rings (SSSR count). The molecular weight excluding hydrogens is 360 g/mol. The van der Waals surface area contributed by atoms with E-state index >= 15 is 0 Å². The number of hydrogen-bond acceptors (Lipinski definition) is 5. The molecule has 0 heterocycles. The number of nitrogens with zero attached hydrogens (tertiary/aromatic N) is 1. The van der Waals surface area contributed by atoms with Crippen LogP contribution >= 0.6 is 11.6 Å². The van der Waals surface area contributed by atoms with Crippen LogP contribution in [0.1, 0.15) is 28.8 Å². The summed E-state index contributed by atoms with van der Waals surface area (Å²) in [5.74, 6) is -1.18. The molecule has 0 aliphatic heterocycles. The van der Waals surface area contributed by atoms with Gasteiger partial charge in [0.1, 0.15) is 5.02 Å². The molecular formula is C18H17ClN2O5. The van der Waals surface area contributed by atoms with Crippen molar-refractivity contribution < 1.29 is 19.2 Å². The number of amides is 1. The van der Waals surface area contributed by atoms with Gasteiger partial charge >= 0.3 is 5.97 Å². The first-order chi connectivity index (χ1) is 12.4. The number of esters is 1. The van der Waals surface area contributed by atoms with Crippen LogP contribution in [0.15, 0.2) is 48.5 Å². The van der Waals surface area contributed by atoms with Gasteiger partial charge in [-0.3, -0.25) is 14.9 Å². The molecule has 0 fully saturated rings. The van der Waals surface area contributed by atoms with Crippen LogP contribution in [0.3, 0.4) is 0 Å². The zero-order valence-electron chi connectivity index (χ0n) is 14.0. The van der Waals surface area contributed by atoms with Crippen LogP contribution in [0.4, 0.5) is 5.69 Å². The van der Waals surface area contributed by atoms with Crippen LogP contribution in [0.25, 0.3) is 0 Å². The monoisotopic (exact) mass is 376 g/mol. The highest BCUT2D eigenvalue weighted by Gasteiger charge is 2.18. The van der Waals surface area contributed by atoms with E-state index in [1.165, 1.54) is 12.1 Å². The highest BCUT2D eigenvalue weighted by atomic mass is 35.5. The Morgan fingerprint density at radius 2 is 1.92 bits per heavy atom. The predicted octanol–water partition coefficient (Wildman–Crippen LogP) is 3.32. The van der Waals surface area contributed by atoms with Crippen molar-refractivity contribution in [3.8, 4) is 0 Å². The van der Waals surface area contributed by atoms with E-state index in [1.807, 2.05) is 37.3 Å². The van der Waals surface area contributed by atoms with E-state index in [1.54, 1.807) is 0 Å². The lowest BCUT2D eigenvalue weighted by Crippen LogP contribution is -2.31. The maximum Gasteiger partial charge on any atom is 0.338 e. The third kappa shape index (κ3) is 5.29. The lowest BCUT2D eigenvalue weighted by molar-refractivity contribution is -0.384. The quantitative estimate of drug-likeness (QED) is 0.454. The van der Waals surface area contributed by atoms with Crippen LogP contribution in [-0.2, 0) is 9.53 Å². The van der Waals surface area contributed by atoms with Crippen molar-refractivity contribution in [2.75, 3.05) is 13.2 Å². The summed E-state index contributed by atoms with van der Waals surface area (Å²) in [7, 11) is 0. The van der Waals surface area contributed by atoms with Gasteiger partial charge in [-0.1, -0.05) is 48.9 Å². The van der Waals surface area contributed by atoms with Crippen molar-refractivity contribution in [2.24, 2.45) is 0 Å². The highest BCUT2D eigenvalue weighted by Crippen LogP contribution is 2.25. The number of carbonyl (C=O) groups is 2. The Morgan fingerprint density at radius 3 is 2.58 bits per heavy atom. The lowest BCUT2D eigenvalue weighted by Gasteiger charge is -2.13. The largest absolute Gasteiger partial charge is 0.452 e. The second kappa shape index (κ2) is 8.96. The third-order valence-electron chi connectivity index (χ3n) is 3.69. The molecule has 1 amide bonds.